The number of rotatable bonds is 11. The topological polar surface area (TPSA) is 129 Å². The van der Waals surface area contributed by atoms with E-state index in [9.17, 15) is 0 Å². The van der Waals surface area contributed by atoms with Crippen molar-refractivity contribution in [3.63, 3.8) is 0 Å². The predicted molar refractivity (Wildman–Crippen MR) is 533 cm³/mol. The second-order valence-corrected chi connectivity index (χ2v) is 37.1. The molecule has 128 heavy (non-hydrogen) atoms. The zero-order chi connectivity index (χ0) is 88.9. The highest BCUT2D eigenvalue weighted by Gasteiger charge is 2.40. The van der Waals surface area contributed by atoms with Gasteiger partial charge in [0.25, 0.3) is 0 Å². The van der Waals surface area contributed by atoms with E-state index in [0.717, 1.165) is 134 Å². The van der Waals surface area contributed by atoms with Crippen molar-refractivity contribution < 1.29 is 0 Å². The first-order valence-electron chi connectivity index (χ1n) is 45.2. The number of benzene rings is 14. The van der Waals surface area contributed by atoms with E-state index in [4.69, 9.17) is 44.9 Å². The van der Waals surface area contributed by atoms with Gasteiger partial charge in [-0.3, -0.25) is 0 Å². The summed E-state index contributed by atoms with van der Waals surface area (Å²) in [6.07, 6.45) is 0. The lowest BCUT2D eigenvalue weighted by Crippen LogP contribution is -2.15. The van der Waals surface area contributed by atoms with Gasteiger partial charge in [0.15, 0.2) is 11.6 Å². The van der Waals surface area contributed by atoms with E-state index in [2.05, 4.69) is 322 Å². The summed E-state index contributed by atoms with van der Waals surface area (Å²) in [4.78, 5) is 49.1. The van der Waals surface area contributed by atoms with Crippen LogP contribution in [0.1, 0.15) is 202 Å². The zero-order valence-electron chi connectivity index (χ0n) is 76.1. The summed E-state index contributed by atoms with van der Waals surface area (Å²) in [7, 11) is 0. The minimum absolute atomic E-state index is 0.00971. The summed E-state index contributed by atoms with van der Waals surface area (Å²) in [6, 6.07) is 116. The minimum atomic E-state index is -0.00971. The second kappa shape index (κ2) is 35.0. The van der Waals surface area contributed by atoms with Gasteiger partial charge in [-0.05, 0) is 168 Å². The van der Waals surface area contributed by atoms with Gasteiger partial charge in [0.2, 0.25) is 0 Å². The minimum Gasteiger partial charge on any atom is -0.249 e. The summed E-state index contributed by atoms with van der Waals surface area (Å²) in [5, 5.41) is 2.29. The number of aromatic nitrogens is 10. The van der Waals surface area contributed by atoms with Gasteiger partial charge in [-0.15, -0.1) is 0 Å². The van der Waals surface area contributed by atoms with Crippen LogP contribution in [0.5, 0.6) is 0 Å². The SMILES string of the molecule is CC(C)c1nc(-c2ccc(-c3ccccc3)cc2)nc2ccccc12.CC(C)c1nc(-c2ccccc2)nc2ccccc12.CC(C)c1nc2ccccc2nc1-c1ccc2c(c1)-c1ccccc1C2(C)C.CC(C)c1nc2ccccc2nc1-c1ccc2c(c1)C(C)(C)c1ccccc1-2.CC(C)c1nc2ccccc2nc1-c1cccc2c1-c1ccccc1C2(C)C. The van der Waals surface area contributed by atoms with E-state index in [1.165, 1.54) is 83.5 Å². The molecule has 22 rings (SSSR count). The number of fused-ring (bicyclic) bond motifs is 14. The molecule has 0 amide bonds. The number of hydrogen-bond acceptors (Lipinski definition) is 10. The average Bonchev–Trinajstić information content (AvgIpc) is 1.55. The quantitative estimate of drug-likeness (QED) is 0.123. The van der Waals surface area contributed by atoms with Crippen LogP contribution in [-0.4, -0.2) is 49.8 Å². The highest BCUT2D eigenvalue weighted by Crippen LogP contribution is 2.55. The van der Waals surface area contributed by atoms with Gasteiger partial charge in [-0.2, -0.15) is 0 Å². The maximum atomic E-state index is 5.10. The van der Waals surface area contributed by atoms with Gasteiger partial charge >= 0.3 is 0 Å². The largest absolute Gasteiger partial charge is 0.249 e. The molecule has 5 aromatic heterocycles. The second-order valence-electron chi connectivity index (χ2n) is 37.1. The molecular formula is C118H108N10. The molecule has 0 saturated carbocycles. The Labute approximate surface area is 753 Å². The molecule has 0 spiro atoms. The maximum absolute atomic E-state index is 5.10. The highest BCUT2D eigenvalue weighted by atomic mass is 14.9. The third-order valence-electron chi connectivity index (χ3n) is 25.7. The summed E-state index contributed by atoms with van der Waals surface area (Å²) in [5.74, 6) is 3.26. The van der Waals surface area contributed by atoms with E-state index in [0.29, 0.717) is 29.6 Å². The molecule has 630 valence electrons. The summed E-state index contributed by atoms with van der Waals surface area (Å²) < 4.78 is 0. The van der Waals surface area contributed by atoms with Crippen molar-refractivity contribution in [2.24, 2.45) is 0 Å². The smallest absolute Gasteiger partial charge is 0.160 e. The van der Waals surface area contributed by atoms with Gasteiger partial charge in [0.1, 0.15) is 0 Å². The van der Waals surface area contributed by atoms with E-state index in [-0.39, 0.29) is 16.2 Å². The molecule has 0 bridgehead atoms. The molecule has 0 saturated heterocycles. The third kappa shape index (κ3) is 16.1. The van der Waals surface area contributed by atoms with Crippen molar-refractivity contribution in [1.29, 1.82) is 0 Å². The molecule has 5 heterocycles. The van der Waals surface area contributed by atoms with E-state index in [1.807, 2.05) is 127 Å². The van der Waals surface area contributed by atoms with Gasteiger partial charge in [0, 0.05) is 54.8 Å². The average molecular weight is 1670 g/mol. The zero-order valence-corrected chi connectivity index (χ0v) is 76.1. The summed E-state index contributed by atoms with van der Waals surface area (Å²) in [6.45, 7) is 35.7. The molecule has 0 radical (unpaired) electrons. The molecule has 0 aliphatic heterocycles. The Hall–Kier alpha value is -14.2. The van der Waals surface area contributed by atoms with Crippen LogP contribution >= 0.6 is 0 Å². The van der Waals surface area contributed by atoms with E-state index < -0.39 is 0 Å². The van der Waals surface area contributed by atoms with Crippen molar-refractivity contribution in [2.45, 2.75) is 157 Å². The maximum Gasteiger partial charge on any atom is 0.160 e. The fraction of sp³-hybridized carbons (Fsp3) is 0.203. The monoisotopic (exact) mass is 1660 g/mol. The lowest BCUT2D eigenvalue weighted by molar-refractivity contribution is 0.660. The van der Waals surface area contributed by atoms with E-state index in [1.54, 1.807) is 0 Å². The molecule has 10 heteroatoms. The van der Waals surface area contributed by atoms with Crippen LogP contribution in [0.25, 0.3) is 156 Å². The van der Waals surface area contributed by atoms with Crippen LogP contribution in [-0.2, 0) is 16.2 Å². The van der Waals surface area contributed by atoms with Crippen LogP contribution in [0.3, 0.4) is 0 Å². The Kier molecular flexibility index (Phi) is 23.1. The van der Waals surface area contributed by atoms with Crippen LogP contribution in [0.4, 0.5) is 0 Å². The van der Waals surface area contributed by atoms with Gasteiger partial charge in [0.05, 0.1) is 89.7 Å². The molecule has 0 unspecified atom stereocenters. The van der Waals surface area contributed by atoms with Crippen molar-refractivity contribution in [1.82, 2.24) is 49.8 Å². The number of hydrogen-bond donors (Lipinski definition) is 0. The standard InChI is InChI=1S/3C26H24N2.C23H20N2.C17H16N2/c1-16(2)24-25(28-22-15-8-7-14-21(22)27-24)18-11-9-13-20-23(18)17-10-5-6-12-19(17)26(20,3)4;1-16(2)24-25(28-23-12-8-7-11-22(23)27-24)17-13-14-21-19(15-17)18-9-5-6-10-20(18)26(21,3)4;1-16(2)24-25(28-23-12-8-7-11-22(23)27-24)17-13-14-19-18-9-5-6-10-20(18)26(3,4)21(19)15-17;1-16(2)22-20-10-6-7-11-21(20)24-23(25-22)19-14-12-18(13-15-19)17-8-4-3-5-9-17;1-12(2)16-14-10-6-7-11-15(14)18-17(19-16)13-8-4-3-5-9-13/h3*5-16H,1-4H3;3-16H,1-2H3;3-12H,1-2H3. The highest BCUT2D eigenvalue weighted by molar-refractivity contribution is 5.95. The Bertz CT molecular complexity index is 7380. The molecule has 0 N–H and O–H groups in total. The first-order valence-corrected chi connectivity index (χ1v) is 45.2. The molecular weight excluding hydrogens is 1560 g/mol. The van der Waals surface area contributed by atoms with Crippen molar-refractivity contribution >= 4 is 54.9 Å². The number of para-hydroxylation sites is 8. The van der Waals surface area contributed by atoms with Crippen molar-refractivity contribution in [3.8, 4) is 101 Å². The molecule has 0 atom stereocenters. The Morgan fingerprint density at radius 3 is 0.953 bits per heavy atom. The fourth-order valence-corrected chi connectivity index (χ4v) is 18.9. The van der Waals surface area contributed by atoms with E-state index >= 15 is 0 Å². The van der Waals surface area contributed by atoms with Gasteiger partial charge in [-0.25, -0.2) is 49.8 Å². The first-order chi connectivity index (χ1) is 61.9. The fourth-order valence-electron chi connectivity index (χ4n) is 18.9. The molecule has 3 aliphatic carbocycles. The predicted octanol–water partition coefficient (Wildman–Crippen LogP) is 30.7. The Morgan fingerprint density at radius 2 is 0.477 bits per heavy atom. The molecule has 10 nitrogen and oxygen atoms in total. The normalized spacial score (nSPS) is 13.2. The molecule has 14 aromatic carbocycles. The van der Waals surface area contributed by atoms with Crippen molar-refractivity contribution in [2.75, 3.05) is 0 Å². The Balaban J connectivity index is 0.000000109. The van der Waals surface area contributed by atoms with Gasteiger partial charge in [-0.1, -0.05) is 384 Å². The summed E-state index contributed by atoms with van der Waals surface area (Å²) >= 11 is 0. The molecule has 3 aliphatic rings. The number of nitrogens with zero attached hydrogens (tertiary/aromatic N) is 10. The third-order valence-corrected chi connectivity index (χ3v) is 25.7. The molecule has 19 aromatic rings. The summed E-state index contributed by atoms with van der Waals surface area (Å²) in [5.41, 5.74) is 40.5. The van der Waals surface area contributed by atoms with Gasteiger partial charge < -0.3 is 0 Å². The van der Waals surface area contributed by atoms with Crippen LogP contribution < -0.4 is 0 Å². The van der Waals surface area contributed by atoms with Crippen molar-refractivity contribution in [3.05, 3.63) is 396 Å². The molecule has 0 fully saturated rings. The van der Waals surface area contributed by atoms with Crippen LogP contribution in [0, 0.1) is 0 Å². The first kappa shape index (κ1) is 84.6. The van der Waals surface area contributed by atoms with Crippen LogP contribution in [0.15, 0.2) is 334 Å². The lowest BCUT2D eigenvalue weighted by Gasteiger charge is -2.22. The van der Waals surface area contributed by atoms with Crippen LogP contribution in [0.2, 0.25) is 0 Å². The lowest BCUT2D eigenvalue weighted by atomic mass is 9.81. The Morgan fingerprint density at radius 1 is 0.180 bits per heavy atom.